The molecule has 424 valence electrons. The molecule has 8 N–H and O–H groups in total. The normalized spacial score (nSPS) is 11.5. The monoisotopic (exact) mass is 1070 g/mol. The molecule has 0 fully saturated rings. The summed E-state index contributed by atoms with van der Waals surface area (Å²) in [5.74, 6) is -4.93. The lowest BCUT2D eigenvalue weighted by atomic mass is 10.0. The number of hydrogen-bond acceptors (Lipinski definition) is 21. The third-order valence-electron chi connectivity index (χ3n) is 9.47. The van der Waals surface area contributed by atoms with Crippen LogP contribution in [0.15, 0.2) is 18.2 Å². The zero-order valence-electron chi connectivity index (χ0n) is 42.6. The number of nitrogen functional groups attached to an aromatic ring is 1. The molecule has 0 aromatic heterocycles. The zero-order chi connectivity index (χ0) is 54.1. The highest BCUT2D eigenvalue weighted by molar-refractivity contribution is 5.99. The van der Waals surface area contributed by atoms with Gasteiger partial charge in [0.2, 0.25) is 17.7 Å². The maximum atomic E-state index is 12.7. The number of methoxy groups -OCH3 is 1. The Bertz CT molecular complexity index is 1680. The molecule has 1 aromatic carbocycles. The van der Waals surface area contributed by atoms with E-state index in [2.05, 4.69) is 26.0 Å². The summed E-state index contributed by atoms with van der Waals surface area (Å²) in [6, 6.07) is 3.45. The number of benzene rings is 1. The quantitative estimate of drug-likeness (QED) is 0.0219. The molecule has 0 radical (unpaired) electrons. The van der Waals surface area contributed by atoms with Crippen molar-refractivity contribution in [3.63, 3.8) is 0 Å². The maximum absolute atomic E-state index is 12.7. The number of carboxylic acids is 2. The average molecular weight is 1070 g/mol. The fourth-order valence-electron chi connectivity index (χ4n) is 5.66. The first-order valence-electron chi connectivity index (χ1n) is 24.4. The van der Waals surface area contributed by atoms with Gasteiger partial charge in [0.25, 0.3) is 5.91 Å². The number of ether oxygens (including phenoxy) is 13. The van der Waals surface area contributed by atoms with Gasteiger partial charge in [-0.25, -0.2) is 4.79 Å². The predicted octanol–water partition coefficient (Wildman–Crippen LogP) is -1.64. The van der Waals surface area contributed by atoms with Gasteiger partial charge in [0.15, 0.2) is 0 Å². The smallest absolute Gasteiger partial charge is 0.326 e. The van der Waals surface area contributed by atoms with E-state index in [1.807, 2.05) is 0 Å². The molecule has 4 amide bonds. The molecule has 0 aliphatic carbocycles. The molecule has 0 saturated carbocycles. The summed E-state index contributed by atoms with van der Waals surface area (Å²) < 4.78 is 70.0. The highest BCUT2D eigenvalue weighted by Crippen LogP contribution is 2.16. The van der Waals surface area contributed by atoms with E-state index in [0.717, 1.165) is 0 Å². The molecule has 0 heterocycles. The van der Waals surface area contributed by atoms with Crippen LogP contribution in [0.4, 0.5) is 5.69 Å². The van der Waals surface area contributed by atoms with Crippen LogP contribution in [-0.4, -0.2) is 243 Å². The fourth-order valence-corrected chi connectivity index (χ4v) is 5.66. The minimum absolute atomic E-state index is 0.0608. The van der Waals surface area contributed by atoms with Crippen LogP contribution in [0.5, 0.6) is 0 Å². The molecule has 74 heavy (non-hydrogen) atoms. The van der Waals surface area contributed by atoms with E-state index in [4.69, 9.17) is 72.8 Å². The number of rotatable bonds is 52. The molecule has 1 aromatic rings. The number of carboxylic acid groups (broad SMARTS) is 2. The zero-order valence-corrected chi connectivity index (χ0v) is 42.6. The first-order valence-corrected chi connectivity index (χ1v) is 24.4. The SMILES string of the molecule is COC(=O)CCc1ccc(N)cc1C(=O)NCC(=O)NCC(=O)NCCOCCOCCOCCOCCOCCOCCOCCOCCOCCOCCOCCOCCC(=O)NC(CCC(=O)O)C(=O)O. The summed E-state index contributed by atoms with van der Waals surface area (Å²) >= 11 is 0. The second kappa shape index (κ2) is 47.5. The lowest BCUT2D eigenvalue weighted by Crippen LogP contribution is -2.42. The maximum Gasteiger partial charge on any atom is 0.326 e. The van der Waals surface area contributed by atoms with Crippen LogP contribution in [0.25, 0.3) is 0 Å². The van der Waals surface area contributed by atoms with Gasteiger partial charge in [0, 0.05) is 37.1 Å². The van der Waals surface area contributed by atoms with Crippen molar-refractivity contribution in [2.75, 3.05) is 191 Å². The lowest BCUT2D eigenvalue weighted by Gasteiger charge is -2.13. The van der Waals surface area contributed by atoms with Gasteiger partial charge in [0.1, 0.15) is 6.04 Å². The van der Waals surface area contributed by atoms with E-state index in [1.54, 1.807) is 12.1 Å². The van der Waals surface area contributed by atoms with Gasteiger partial charge in [-0.1, -0.05) is 6.07 Å². The van der Waals surface area contributed by atoms with Gasteiger partial charge in [-0.05, 0) is 30.5 Å². The number of amides is 4. The van der Waals surface area contributed by atoms with Gasteiger partial charge in [0.05, 0.1) is 179 Å². The molecule has 0 bridgehead atoms. The fraction of sp³-hybridized carbons (Fsp3) is 0.723. The van der Waals surface area contributed by atoms with Gasteiger partial charge >= 0.3 is 17.9 Å². The van der Waals surface area contributed by atoms with Crippen LogP contribution in [-0.2, 0) is 96.8 Å². The number of anilines is 1. The third kappa shape index (κ3) is 41.2. The Hall–Kier alpha value is -5.17. The van der Waals surface area contributed by atoms with E-state index in [-0.39, 0.29) is 77.1 Å². The molecule has 0 aliphatic heterocycles. The van der Waals surface area contributed by atoms with Gasteiger partial charge in [-0.2, -0.15) is 0 Å². The molecule has 0 saturated heterocycles. The molecule has 0 spiro atoms. The molecular formula is C47H79N5O22. The lowest BCUT2D eigenvalue weighted by molar-refractivity contribution is -0.143. The highest BCUT2D eigenvalue weighted by Gasteiger charge is 2.21. The Kier molecular flexibility index (Phi) is 42.9. The second-order valence-electron chi connectivity index (χ2n) is 15.3. The summed E-state index contributed by atoms with van der Waals surface area (Å²) in [5, 5.41) is 27.6. The summed E-state index contributed by atoms with van der Waals surface area (Å²) in [6.45, 7) is 8.51. The number of hydrogen-bond donors (Lipinski definition) is 7. The number of carbonyl (C=O) groups excluding carboxylic acids is 5. The van der Waals surface area contributed by atoms with E-state index >= 15 is 0 Å². The van der Waals surface area contributed by atoms with Crippen molar-refractivity contribution in [1.82, 2.24) is 21.3 Å². The molecule has 0 aliphatic rings. The second-order valence-corrected chi connectivity index (χ2v) is 15.3. The van der Waals surface area contributed by atoms with Crippen LogP contribution in [0.1, 0.15) is 41.6 Å². The predicted molar refractivity (Wildman–Crippen MR) is 260 cm³/mol. The third-order valence-corrected chi connectivity index (χ3v) is 9.47. The molecule has 1 rings (SSSR count). The van der Waals surface area contributed by atoms with Crippen molar-refractivity contribution < 1.29 is 105 Å². The van der Waals surface area contributed by atoms with Crippen LogP contribution >= 0.6 is 0 Å². The standard InChI is InChI=1S/C47H79N5O22/c1-62-45(58)7-3-37-2-4-38(48)34-39(37)46(59)51-36-43(55)50-35-42(54)49-9-11-64-13-15-66-17-19-68-21-23-70-25-27-72-29-31-74-33-32-73-30-28-71-26-24-69-22-20-67-18-16-65-14-12-63-10-8-41(53)52-40(47(60)61)5-6-44(56)57/h2,4,34,40H,3,5-33,35-36,48H2,1H3,(H,49,54)(H,50,55)(H,51,59)(H,52,53)(H,56,57)(H,60,61). The van der Waals surface area contributed by atoms with Gasteiger partial charge in [-0.3, -0.25) is 28.8 Å². The minimum atomic E-state index is -1.29. The first-order chi connectivity index (χ1) is 35.9. The van der Waals surface area contributed by atoms with Crippen LogP contribution in [0.3, 0.4) is 0 Å². The van der Waals surface area contributed by atoms with Crippen LogP contribution < -0.4 is 27.0 Å². The van der Waals surface area contributed by atoms with E-state index in [1.165, 1.54) is 13.2 Å². The Morgan fingerprint density at radius 1 is 0.486 bits per heavy atom. The van der Waals surface area contributed by atoms with Crippen molar-refractivity contribution in [3.05, 3.63) is 29.3 Å². The Morgan fingerprint density at radius 3 is 1.28 bits per heavy atom. The summed E-state index contributed by atoms with van der Waals surface area (Å²) in [5.41, 5.74) is 6.98. The van der Waals surface area contributed by atoms with Crippen molar-refractivity contribution in [2.45, 2.75) is 38.1 Å². The molecule has 27 nitrogen and oxygen atoms in total. The van der Waals surface area contributed by atoms with E-state index in [9.17, 15) is 33.6 Å². The Labute approximate surface area is 431 Å². The summed E-state index contributed by atoms with van der Waals surface area (Å²) in [6.07, 6.45) is -0.292. The number of aliphatic carboxylic acids is 2. The Balaban J connectivity index is 1.76. The van der Waals surface area contributed by atoms with E-state index in [0.29, 0.717) is 150 Å². The molecule has 1 unspecified atom stereocenters. The summed E-state index contributed by atoms with van der Waals surface area (Å²) in [7, 11) is 1.28. The minimum Gasteiger partial charge on any atom is -0.481 e. The van der Waals surface area contributed by atoms with Crippen molar-refractivity contribution in [2.24, 2.45) is 0 Å². The highest BCUT2D eigenvalue weighted by atomic mass is 16.6. The number of esters is 1. The van der Waals surface area contributed by atoms with Crippen molar-refractivity contribution >= 4 is 47.2 Å². The number of aryl methyl sites for hydroxylation is 1. The van der Waals surface area contributed by atoms with Gasteiger partial charge < -0.3 is 98.8 Å². The Morgan fingerprint density at radius 2 is 0.878 bits per heavy atom. The topological polar surface area (TPSA) is 354 Å². The number of carbonyl (C=O) groups is 7. The number of nitrogens with one attached hydrogen (secondary N) is 4. The van der Waals surface area contributed by atoms with E-state index < -0.39 is 47.6 Å². The first kappa shape index (κ1) is 66.8. The average Bonchev–Trinajstić information content (AvgIpc) is 3.38. The largest absolute Gasteiger partial charge is 0.481 e. The van der Waals surface area contributed by atoms with Crippen molar-refractivity contribution in [3.8, 4) is 0 Å². The molecule has 27 heteroatoms. The molecular weight excluding hydrogens is 987 g/mol. The van der Waals surface area contributed by atoms with Crippen molar-refractivity contribution in [1.29, 1.82) is 0 Å². The van der Waals surface area contributed by atoms with Gasteiger partial charge in [-0.15, -0.1) is 0 Å². The number of nitrogens with two attached hydrogens (primary N) is 1. The molecule has 1 atom stereocenters. The van der Waals surface area contributed by atoms with Crippen LogP contribution in [0.2, 0.25) is 0 Å². The summed E-state index contributed by atoms with van der Waals surface area (Å²) in [4.78, 5) is 82.0. The van der Waals surface area contributed by atoms with Crippen LogP contribution in [0, 0.1) is 0 Å².